The van der Waals surface area contributed by atoms with E-state index >= 15 is 0 Å². The Labute approximate surface area is 129 Å². The number of anilines is 1. The second kappa shape index (κ2) is 7.03. The van der Waals surface area contributed by atoms with Gasteiger partial charge in [0.25, 0.3) is 0 Å². The largest absolute Gasteiger partial charge is 0.481 e. The van der Waals surface area contributed by atoms with Crippen LogP contribution in [0.25, 0.3) is 11.4 Å². The molecule has 9 heteroatoms. The third-order valence-corrected chi connectivity index (χ3v) is 2.83. The highest BCUT2D eigenvalue weighted by Crippen LogP contribution is 2.30. The summed E-state index contributed by atoms with van der Waals surface area (Å²) in [6.07, 6.45) is -1.56. The zero-order chi connectivity index (χ0) is 16.9. The van der Waals surface area contributed by atoms with Crippen molar-refractivity contribution >= 4 is 11.8 Å². The van der Waals surface area contributed by atoms with Gasteiger partial charge in [-0.05, 0) is 18.6 Å². The highest BCUT2D eigenvalue weighted by molar-refractivity contribution is 5.66. The van der Waals surface area contributed by atoms with Gasteiger partial charge in [-0.25, -0.2) is 9.97 Å². The Hall–Kier alpha value is -2.71. The zero-order valence-electron chi connectivity index (χ0n) is 11.8. The minimum absolute atomic E-state index is 0.00970. The van der Waals surface area contributed by atoms with Crippen LogP contribution in [0.15, 0.2) is 30.6 Å². The normalized spacial score (nSPS) is 11.3. The Morgan fingerprint density at radius 2 is 1.91 bits per heavy atom. The number of halogens is 3. The number of carbonyl (C=O) groups is 1. The summed E-state index contributed by atoms with van der Waals surface area (Å²) < 4.78 is 38.8. The number of nitrogens with zero attached hydrogens (tertiary/aromatic N) is 3. The lowest BCUT2D eigenvalue weighted by Crippen LogP contribution is -2.13. The number of carboxylic acids is 1. The van der Waals surface area contributed by atoms with Crippen molar-refractivity contribution < 1.29 is 23.1 Å². The summed E-state index contributed by atoms with van der Waals surface area (Å²) in [6, 6.07) is 3.80. The van der Waals surface area contributed by atoms with E-state index in [2.05, 4.69) is 20.3 Å². The van der Waals surface area contributed by atoms with Crippen molar-refractivity contribution in [1.29, 1.82) is 0 Å². The minimum Gasteiger partial charge on any atom is -0.481 e. The highest BCUT2D eigenvalue weighted by atomic mass is 19.4. The molecule has 0 radical (unpaired) electrons. The number of aromatic nitrogens is 3. The number of pyridine rings is 1. The van der Waals surface area contributed by atoms with Crippen LogP contribution in [0.4, 0.5) is 19.0 Å². The standard InChI is InChI=1S/C14H13F3N4O2/c15-14(16,17)10-8-11(19-5-1-2-12(22)23)21-13(20-10)9-3-6-18-7-4-9/h3-4,6-8H,1-2,5H2,(H,22,23)(H,19,20,21). The Balaban J connectivity index is 2.25. The van der Waals surface area contributed by atoms with Crippen molar-refractivity contribution in [2.24, 2.45) is 0 Å². The molecule has 0 saturated carbocycles. The van der Waals surface area contributed by atoms with Crippen LogP contribution in [0.2, 0.25) is 0 Å². The van der Waals surface area contributed by atoms with Gasteiger partial charge in [-0.3, -0.25) is 9.78 Å². The molecule has 0 atom stereocenters. The van der Waals surface area contributed by atoms with Crippen LogP contribution in [0.5, 0.6) is 0 Å². The summed E-state index contributed by atoms with van der Waals surface area (Å²) >= 11 is 0. The van der Waals surface area contributed by atoms with Gasteiger partial charge in [0.05, 0.1) is 0 Å². The molecule has 0 fully saturated rings. The summed E-state index contributed by atoms with van der Waals surface area (Å²) in [5, 5.41) is 11.2. The van der Waals surface area contributed by atoms with E-state index in [0.717, 1.165) is 6.07 Å². The molecule has 2 rings (SSSR count). The molecule has 0 aliphatic rings. The molecule has 0 saturated heterocycles. The zero-order valence-corrected chi connectivity index (χ0v) is 11.8. The van der Waals surface area contributed by atoms with Gasteiger partial charge in [0.1, 0.15) is 5.82 Å². The first-order valence-electron chi connectivity index (χ1n) is 6.68. The molecule has 122 valence electrons. The lowest BCUT2D eigenvalue weighted by Gasteiger charge is -2.11. The molecule has 0 spiro atoms. The second-order valence-corrected chi connectivity index (χ2v) is 4.62. The van der Waals surface area contributed by atoms with Crippen LogP contribution in [0.3, 0.4) is 0 Å². The van der Waals surface area contributed by atoms with E-state index in [-0.39, 0.29) is 31.0 Å². The number of rotatable bonds is 6. The fraction of sp³-hybridized carbons (Fsp3) is 0.286. The lowest BCUT2D eigenvalue weighted by molar-refractivity contribution is -0.141. The van der Waals surface area contributed by atoms with Gasteiger partial charge in [-0.1, -0.05) is 0 Å². The molecule has 23 heavy (non-hydrogen) atoms. The first-order chi connectivity index (χ1) is 10.9. The molecular formula is C14H13F3N4O2. The number of nitrogens with one attached hydrogen (secondary N) is 1. The Kier molecular flexibility index (Phi) is 5.09. The topological polar surface area (TPSA) is 88.0 Å². The van der Waals surface area contributed by atoms with Gasteiger partial charge in [0.15, 0.2) is 11.5 Å². The quantitative estimate of drug-likeness (QED) is 0.794. The fourth-order valence-electron chi connectivity index (χ4n) is 1.77. The van der Waals surface area contributed by atoms with Crippen molar-refractivity contribution in [2.45, 2.75) is 19.0 Å². The molecule has 0 unspecified atom stereocenters. The molecule has 2 aromatic heterocycles. The Bertz CT molecular complexity index is 677. The van der Waals surface area contributed by atoms with Crippen molar-refractivity contribution in [3.8, 4) is 11.4 Å². The number of alkyl halides is 3. The maximum atomic E-state index is 12.9. The minimum atomic E-state index is -4.61. The molecule has 0 aliphatic carbocycles. The molecule has 2 heterocycles. The number of hydrogen-bond acceptors (Lipinski definition) is 5. The average Bonchev–Trinajstić information content (AvgIpc) is 2.51. The molecule has 2 N–H and O–H groups in total. The molecule has 0 aromatic carbocycles. The predicted molar refractivity (Wildman–Crippen MR) is 75.6 cm³/mol. The van der Waals surface area contributed by atoms with Crippen molar-refractivity contribution in [3.63, 3.8) is 0 Å². The summed E-state index contributed by atoms with van der Waals surface area (Å²) in [7, 11) is 0. The van der Waals surface area contributed by atoms with Crippen molar-refractivity contribution in [2.75, 3.05) is 11.9 Å². The summed E-state index contributed by atoms with van der Waals surface area (Å²) in [4.78, 5) is 21.8. The molecule has 2 aromatic rings. The van der Waals surface area contributed by atoms with E-state index < -0.39 is 17.8 Å². The maximum Gasteiger partial charge on any atom is 0.433 e. The number of aliphatic carboxylic acids is 1. The van der Waals surface area contributed by atoms with E-state index in [1.807, 2.05) is 0 Å². The summed E-state index contributed by atoms with van der Waals surface area (Å²) in [5.74, 6) is -1.06. The van der Waals surface area contributed by atoms with Crippen molar-refractivity contribution in [1.82, 2.24) is 15.0 Å². The van der Waals surface area contributed by atoms with Gasteiger partial charge >= 0.3 is 12.1 Å². The van der Waals surface area contributed by atoms with E-state index in [1.54, 1.807) is 0 Å². The Morgan fingerprint density at radius 1 is 1.22 bits per heavy atom. The SMILES string of the molecule is O=C(O)CCCNc1cc(C(F)(F)F)nc(-c2ccncc2)n1. The molecule has 0 aliphatic heterocycles. The van der Waals surface area contributed by atoms with Crippen LogP contribution in [-0.2, 0) is 11.0 Å². The van der Waals surface area contributed by atoms with E-state index in [1.165, 1.54) is 24.5 Å². The smallest absolute Gasteiger partial charge is 0.433 e. The van der Waals surface area contributed by atoms with Gasteiger partial charge in [-0.15, -0.1) is 0 Å². The van der Waals surface area contributed by atoms with Gasteiger partial charge in [0.2, 0.25) is 0 Å². The van der Waals surface area contributed by atoms with Crippen LogP contribution in [0.1, 0.15) is 18.5 Å². The number of hydrogen-bond donors (Lipinski definition) is 2. The summed E-state index contributed by atoms with van der Waals surface area (Å²) in [5.41, 5.74) is -0.667. The predicted octanol–water partition coefficient (Wildman–Crippen LogP) is 2.83. The first kappa shape index (κ1) is 16.7. The number of carboxylic acid groups (broad SMARTS) is 1. The van der Waals surface area contributed by atoms with Crippen LogP contribution in [0, 0.1) is 0 Å². The van der Waals surface area contributed by atoms with E-state index in [9.17, 15) is 18.0 Å². The first-order valence-corrected chi connectivity index (χ1v) is 6.68. The van der Waals surface area contributed by atoms with Crippen LogP contribution in [-0.4, -0.2) is 32.6 Å². The molecule has 0 bridgehead atoms. The molecule has 0 amide bonds. The lowest BCUT2D eigenvalue weighted by atomic mass is 10.2. The van der Waals surface area contributed by atoms with E-state index in [4.69, 9.17) is 5.11 Å². The Morgan fingerprint density at radius 3 is 2.52 bits per heavy atom. The molecule has 6 nitrogen and oxygen atoms in total. The monoisotopic (exact) mass is 326 g/mol. The van der Waals surface area contributed by atoms with Gasteiger partial charge in [-0.2, -0.15) is 13.2 Å². The summed E-state index contributed by atoms with van der Waals surface area (Å²) in [6.45, 7) is 0.191. The average molecular weight is 326 g/mol. The molecular weight excluding hydrogens is 313 g/mol. The third kappa shape index (κ3) is 4.90. The fourth-order valence-corrected chi connectivity index (χ4v) is 1.77. The highest BCUT2D eigenvalue weighted by Gasteiger charge is 2.33. The van der Waals surface area contributed by atoms with Crippen molar-refractivity contribution in [3.05, 3.63) is 36.3 Å². The second-order valence-electron chi connectivity index (χ2n) is 4.62. The maximum absolute atomic E-state index is 12.9. The van der Waals surface area contributed by atoms with Gasteiger partial charge < -0.3 is 10.4 Å². The van der Waals surface area contributed by atoms with Crippen LogP contribution >= 0.6 is 0 Å². The third-order valence-electron chi connectivity index (χ3n) is 2.83. The van der Waals surface area contributed by atoms with Gasteiger partial charge in [0, 0.05) is 37.0 Å². The van der Waals surface area contributed by atoms with E-state index in [0.29, 0.717) is 5.56 Å². The van der Waals surface area contributed by atoms with Crippen LogP contribution < -0.4 is 5.32 Å².